The molecule has 0 radical (unpaired) electrons. The molecule has 0 bridgehead atoms. The highest BCUT2D eigenvalue weighted by Gasteiger charge is 2.22. The van der Waals surface area contributed by atoms with Crippen LogP contribution in [0.2, 0.25) is 0 Å². The zero-order valence-corrected chi connectivity index (χ0v) is 69.8. The van der Waals surface area contributed by atoms with Crippen molar-refractivity contribution < 1.29 is 33.0 Å². The van der Waals surface area contributed by atoms with Crippen LogP contribution in [0.3, 0.4) is 0 Å². The number of nitrogens with zero attached hydrogens (tertiary/aromatic N) is 15. The Morgan fingerprint density at radius 2 is 0.681 bits per heavy atom. The van der Waals surface area contributed by atoms with Gasteiger partial charge in [0.05, 0.1) is 34.1 Å². The lowest BCUT2D eigenvalue weighted by Crippen LogP contribution is -2.29. The van der Waals surface area contributed by atoms with Gasteiger partial charge in [-0.25, -0.2) is 19.3 Å². The van der Waals surface area contributed by atoms with Gasteiger partial charge in [-0.2, -0.15) is 15.0 Å². The third-order valence-corrected chi connectivity index (χ3v) is 19.0. The standard InChI is InChI=1S/C30H35N7O3.C29H32FN7O3.C29H33N7O3/c1-8-27(38)32-24-17-23(20(3)15-25(24)36(6)14-13-35(4)5)33-30-31-18-21-16-26(29(39)37(7)28(21)34-30)40-22-11-9-19(2)10-12-22;1-7-26(38)32-23-16-22(18(2)14-24(23)36(5)13-12-35(3)4)33-29-31-17-19-15-25(28(39)37(6)27(19)34-29)40-21-10-8-20(30)9-11-21;1-7-26(37)31-23-17-22(19(2)15-24(23)35(5)14-13-34(3)4)32-29-30-18-20-16-25(28(38)36(6)27(20)33-29)39-21-11-9-8-10-12-21/h8-12,15-18H,1,13-14H2,2-7H3,(H,32,38)(H,31,33,34);7-11,14-17H,1,12-13H2,2-6H3,(H,32,38)(H,31,33,34);7-12,15-18H,1,13-14H2,2-6H3,(H,31,37)(H,30,32,33). The number of aromatic nitrogens is 9. The number of nitrogens with one attached hydrogen (secondary N) is 6. The number of carbonyl (C=O) groups is 3. The number of rotatable bonds is 30. The fraction of sp³-hybridized carbons (Fsp3) is 0.250. The number of amides is 3. The van der Waals surface area contributed by atoms with E-state index in [0.29, 0.717) is 96.4 Å². The minimum atomic E-state index is -0.405. The molecule has 0 saturated heterocycles. The summed E-state index contributed by atoms with van der Waals surface area (Å²) < 4.78 is 34.8. The van der Waals surface area contributed by atoms with Crippen LogP contribution >= 0.6 is 0 Å². The van der Waals surface area contributed by atoms with E-state index >= 15 is 0 Å². The van der Waals surface area contributed by atoms with Crippen LogP contribution in [0.1, 0.15) is 22.3 Å². The summed E-state index contributed by atoms with van der Waals surface area (Å²) >= 11 is 0. The summed E-state index contributed by atoms with van der Waals surface area (Å²) in [5.74, 6) is 1.48. The van der Waals surface area contributed by atoms with E-state index in [1.54, 1.807) is 70.1 Å². The third kappa shape index (κ3) is 22.7. The summed E-state index contributed by atoms with van der Waals surface area (Å²) in [6, 6.07) is 38.4. The van der Waals surface area contributed by atoms with Crippen molar-refractivity contribution >= 4 is 120 Å². The van der Waals surface area contributed by atoms with Crippen molar-refractivity contribution in [2.45, 2.75) is 27.7 Å². The normalized spacial score (nSPS) is 11.0. The van der Waals surface area contributed by atoms with E-state index in [4.69, 9.17) is 14.2 Å². The Morgan fingerprint density at radius 3 is 0.966 bits per heavy atom. The quantitative estimate of drug-likeness (QED) is 0.0228. The molecule has 0 aliphatic rings. The minimum Gasteiger partial charge on any atom is -0.452 e. The number of halogens is 1. The van der Waals surface area contributed by atoms with Gasteiger partial charge in [-0.15, -0.1) is 0 Å². The number of aryl methyl sites for hydroxylation is 7. The van der Waals surface area contributed by atoms with Crippen molar-refractivity contribution in [3.05, 3.63) is 249 Å². The second-order valence-corrected chi connectivity index (χ2v) is 29.1. The number of carbonyl (C=O) groups excluding carboxylic acids is 3. The van der Waals surface area contributed by atoms with E-state index in [1.807, 2.05) is 170 Å². The Balaban J connectivity index is 0.000000188. The number of likely N-dealkylation sites (N-methyl/N-ethyl adjacent to an activating group) is 6. The predicted octanol–water partition coefficient (Wildman–Crippen LogP) is 13.3. The fourth-order valence-corrected chi connectivity index (χ4v) is 12.1. The predicted molar refractivity (Wildman–Crippen MR) is 474 cm³/mol. The molecular formula is C88H100FN21O9. The van der Waals surface area contributed by atoms with Crippen LogP contribution in [0.4, 0.5) is 73.4 Å². The summed E-state index contributed by atoms with van der Waals surface area (Å²) in [5, 5.41) is 20.3. The molecule has 6 N–H and O–H groups in total. The fourth-order valence-electron chi connectivity index (χ4n) is 12.1. The maximum atomic E-state index is 13.2. The average Bonchev–Trinajstić information content (AvgIpc) is 0.790. The number of hydrogen-bond acceptors (Lipinski definition) is 24. The van der Waals surface area contributed by atoms with E-state index in [-0.39, 0.29) is 52.0 Å². The highest BCUT2D eigenvalue weighted by Crippen LogP contribution is 2.38. The Bertz CT molecular complexity index is 5700. The molecule has 6 aromatic carbocycles. The average molecular weight is 1610 g/mol. The molecule has 0 saturated carbocycles. The van der Waals surface area contributed by atoms with Gasteiger partial charge < -0.3 is 75.5 Å². The maximum absolute atomic E-state index is 13.2. The number of para-hydroxylation sites is 1. The van der Waals surface area contributed by atoms with Gasteiger partial charge in [0.2, 0.25) is 35.6 Å². The summed E-state index contributed by atoms with van der Waals surface area (Å²) in [4.78, 5) is 115. The number of hydrogen-bond donors (Lipinski definition) is 6. The first kappa shape index (κ1) is 87.2. The largest absolute Gasteiger partial charge is 0.452 e. The summed E-state index contributed by atoms with van der Waals surface area (Å²) in [6.45, 7) is 23.4. The van der Waals surface area contributed by atoms with Gasteiger partial charge in [-0.05, 0) is 208 Å². The lowest BCUT2D eigenvalue weighted by molar-refractivity contribution is -0.112. The van der Waals surface area contributed by atoms with Crippen LogP contribution in [-0.4, -0.2) is 179 Å². The Labute approximate surface area is 689 Å². The Hall–Kier alpha value is -14.2. The van der Waals surface area contributed by atoms with Crippen molar-refractivity contribution in [2.24, 2.45) is 21.1 Å². The molecule has 0 spiro atoms. The number of pyridine rings is 3. The van der Waals surface area contributed by atoms with Crippen LogP contribution in [0, 0.1) is 33.5 Å². The lowest BCUT2D eigenvalue weighted by atomic mass is 10.1. The highest BCUT2D eigenvalue weighted by atomic mass is 19.1. The Kier molecular flexibility index (Phi) is 28.9. The summed E-state index contributed by atoms with van der Waals surface area (Å²) in [6.07, 6.45) is 8.56. The van der Waals surface area contributed by atoms with Crippen molar-refractivity contribution in [3.8, 4) is 34.5 Å². The smallest absolute Gasteiger partial charge is 0.294 e. The molecule has 6 aromatic heterocycles. The van der Waals surface area contributed by atoms with E-state index in [1.165, 1.54) is 56.2 Å². The van der Waals surface area contributed by atoms with E-state index in [2.05, 4.69) is 111 Å². The second-order valence-electron chi connectivity index (χ2n) is 29.1. The van der Waals surface area contributed by atoms with Crippen molar-refractivity contribution in [3.63, 3.8) is 0 Å². The van der Waals surface area contributed by atoms with Gasteiger partial charge in [0.25, 0.3) is 16.7 Å². The van der Waals surface area contributed by atoms with Crippen LogP contribution < -0.4 is 77.5 Å². The number of anilines is 12. The molecule has 3 amide bonds. The molecule has 12 rings (SSSR count). The van der Waals surface area contributed by atoms with E-state index in [0.717, 1.165) is 78.6 Å². The maximum Gasteiger partial charge on any atom is 0.294 e. The molecule has 12 aromatic rings. The Morgan fingerprint density at radius 1 is 0.395 bits per heavy atom. The van der Waals surface area contributed by atoms with Crippen molar-refractivity contribution in [1.82, 2.24) is 58.3 Å². The first-order chi connectivity index (χ1) is 56.8. The van der Waals surface area contributed by atoms with Crippen LogP contribution in [0.25, 0.3) is 33.1 Å². The second kappa shape index (κ2) is 39.4. The molecule has 6 heterocycles. The molecular weight excluding hydrogens is 1510 g/mol. The van der Waals surface area contributed by atoms with E-state index in [9.17, 15) is 33.2 Å². The molecule has 0 unspecified atom stereocenters. The van der Waals surface area contributed by atoms with Gasteiger partial charge in [0.15, 0.2) is 17.2 Å². The molecule has 0 fully saturated rings. The summed E-state index contributed by atoms with van der Waals surface area (Å²) in [5.41, 5.74) is 10.7. The molecule has 0 aliphatic heterocycles. The van der Waals surface area contributed by atoms with Crippen molar-refractivity contribution in [1.29, 1.82) is 0 Å². The third-order valence-electron chi connectivity index (χ3n) is 19.0. The number of benzene rings is 6. The SMILES string of the molecule is C=CC(=O)Nc1cc(Nc2ncc3cc(Oc4ccc(C)cc4)c(=O)n(C)c3n2)c(C)cc1N(C)CCN(C)C.C=CC(=O)Nc1cc(Nc2ncc3cc(Oc4ccc(F)cc4)c(=O)n(C)c3n2)c(C)cc1N(C)CCN(C)C.C=CC(=O)Nc1cc(Nc2ncc3cc(Oc4ccccc4)c(=O)n(C)c3n2)c(C)cc1N(C)CCN(C)C. The van der Waals surface area contributed by atoms with Crippen molar-refractivity contribution in [2.75, 3.05) is 149 Å². The molecule has 0 atom stereocenters. The number of fused-ring (bicyclic) bond motifs is 3. The first-order valence-corrected chi connectivity index (χ1v) is 37.9. The zero-order valence-electron chi connectivity index (χ0n) is 69.8. The van der Waals surface area contributed by atoms with Crippen LogP contribution in [0.5, 0.6) is 34.5 Å². The van der Waals surface area contributed by atoms with Gasteiger partial charge in [0.1, 0.15) is 40.0 Å². The molecule has 119 heavy (non-hydrogen) atoms. The molecule has 31 heteroatoms. The monoisotopic (exact) mass is 1610 g/mol. The van der Waals surface area contributed by atoms with Gasteiger partial charge >= 0.3 is 0 Å². The van der Waals surface area contributed by atoms with Gasteiger partial charge in [0, 0.05) is 133 Å². The van der Waals surface area contributed by atoms with Crippen LogP contribution in [-0.2, 0) is 35.5 Å². The lowest BCUT2D eigenvalue weighted by Gasteiger charge is -2.25. The highest BCUT2D eigenvalue weighted by molar-refractivity contribution is 6.04. The molecule has 30 nitrogen and oxygen atoms in total. The number of ether oxygens (including phenoxy) is 3. The van der Waals surface area contributed by atoms with Gasteiger partial charge in [-0.1, -0.05) is 55.6 Å². The summed E-state index contributed by atoms with van der Waals surface area (Å²) in [7, 11) is 22.9. The topological polar surface area (TPSA) is 314 Å². The first-order valence-electron chi connectivity index (χ1n) is 37.9. The van der Waals surface area contributed by atoms with Gasteiger partial charge in [-0.3, -0.25) is 42.5 Å². The van der Waals surface area contributed by atoms with E-state index < -0.39 is 11.4 Å². The molecule has 0 aliphatic carbocycles. The van der Waals surface area contributed by atoms with Crippen LogP contribution in [0.15, 0.2) is 204 Å². The molecule has 618 valence electrons. The minimum absolute atomic E-state index is 0.0679. The zero-order chi connectivity index (χ0) is 86.1.